The molecule has 0 amide bonds. The molecule has 1 aliphatic carbocycles. The molecule has 0 aromatic rings. The maximum Gasteiger partial charge on any atom is 0.172 e. The Hall–Kier alpha value is -0.860. The highest BCUT2D eigenvalue weighted by molar-refractivity contribution is 6.26. The van der Waals surface area contributed by atoms with Crippen LogP contribution in [-0.4, -0.2) is 18.0 Å². The van der Waals surface area contributed by atoms with Crippen molar-refractivity contribution < 1.29 is 4.79 Å². The van der Waals surface area contributed by atoms with Gasteiger partial charge in [-0.25, -0.2) is 0 Å². The summed E-state index contributed by atoms with van der Waals surface area (Å²) in [7, 11) is 0. The molecule has 3 nitrogen and oxygen atoms in total. The Morgan fingerprint density at radius 3 is 2.80 bits per heavy atom. The molecule has 56 valence electrons. The van der Waals surface area contributed by atoms with E-state index in [0.717, 1.165) is 0 Å². The number of nitrogens with one attached hydrogen (secondary N) is 1. The van der Waals surface area contributed by atoms with E-state index in [9.17, 15) is 4.79 Å². The van der Waals surface area contributed by atoms with Gasteiger partial charge in [-0.1, -0.05) is 0 Å². The second-order valence-corrected chi connectivity index (χ2v) is 2.63. The number of rotatable bonds is 3. The zero-order valence-corrected chi connectivity index (χ0v) is 6.13. The Bertz CT molecular complexity index is 150. The van der Waals surface area contributed by atoms with Crippen molar-refractivity contribution in [2.24, 2.45) is 5.10 Å². The van der Waals surface area contributed by atoms with E-state index in [1.54, 1.807) is 0 Å². The maximum absolute atomic E-state index is 10.3. The third-order valence-corrected chi connectivity index (χ3v) is 1.61. The minimum atomic E-state index is -0.00757. The average molecular weight is 140 g/mol. The third-order valence-electron chi connectivity index (χ3n) is 1.61. The second kappa shape index (κ2) is 3.34. The summed E-state index contributed by atoms with van der Waals surface area (Å²) in [5, 5.41) is 3.77. The molecule has 0 aromatic heterocycles. The number of carbonyl (C=O) groups is 1. The molecule has 1 aliphatic rings. The molecular weight excluding hydrogens is 128 g/mol. The quantitative estimate of drug-likeness (QED) is 0.463. The standard InChI is InChI=1S/C7H12N2O/c1-6(10)5-8-9-7-3-2-4-7/h5,7,9H,2-4H2,1H3. The lowest BCUT2D eigenvalue weighted by molar-refractivity contribution is -0.110. The number of hydrogen-bond donors (Lipinski definition) is 1. The topological polar surface area (TPSA) is 41.5 Å². The van der Waals surface area contributed by atoms with E-state index in [2.05, 4.69) is 10.5 Å². The van der Waals surface area contributed by atoms with Gasteiger partial charge in [-0.2, -0.15) is 5.10 Å². The summed E-state index contributed by atoms with van der Waals surface area (Å²) in [6.07, 6.45) is 4.98. The number of carbonyl (C=O) groups excluding carboxylic acids is 1. The predicted octanol–water partition coefficient (Wildman–Crippen LogP) is 0.703. The van der Waals surface area contributed by atoms with Crippen LogP contribution < -0.4 is 5.43 Å². The van der Waals surface area contributed by atoms with Crippen molar-refractivity contribution in [3.63, 3.8) is 0 Å². The zero-order chi connectivity index (χ0) is 7.40. The van der Waals surface area contributed by atoms with Gasteiger partial charge in [-0.15, -0.1) is 0 Å². The molecule has 0 saturated heterocycles. The van der Waals surface area contributed by atoms with E-state index in [4.69, 9.17) is 0 Å². The minimum absolute atomic E-state index is 0.00757. The Morgan fingerprint density at radius 1 is 1.70 bits per heavy atom. The highest BCUT2D eigenvalue weighted by Crippen LogP contribution is 2.17. The van der Waals surface area contributed by atoms with Crippen molar-refractivity contribution in [1.82, 2.24) is 5.43 Å². The molecule has 1 rings (SSSR count). The first-order chi connectivity index (χ1) is 4.79. The molecule has 0 spiro atoms. The number of ketones is 1. The van der Waals surface area contributed by atoms with Crippen molar-refractivity contribution in [3.05, 3.63) is 0 Å². The molecule has 10 heavy (non-hydrogen) atoms. The van der Waals surface area contributed by atoms with Crippen LogP contribution in [0.4, 0.5) is 0 Å². The van der Waals surface area contributed by atoms with E-state index in [0.29, 0.717) is 6.04 Å². The summed E-state index contributed by atoms with van der Waals surface area (Å²) in [5.74, 6) is -0.00757. The first-order valence-electron chi connectivity index (χ1n) is 3.58. The molecule has 3 heteroatoms. The van der Waals surface area contributed by atoms with Crippen LogP contribution in [0.5, 0.6) is 0 Å². The van der Waals surface area contributed by atoms with E-state index in [1.807, 2.05) is 0 Å². The van der Waals surface area contributed by atoms with Crippen LogP contribution in [0, 0.1) is 0 Å². The Balaban J connectivity index is 2.08. The predicted molar refractivity (Wildman–Crippen MR) is 39.9 cm³/mol. The number of nitrogens with zero attached hydrogens (tertiary/aromatic N) is 1. The van der Waals surface area contributed by atoms with Gasteiger partial charge in [0.25, 0.3) is 0 Å². The van der Waals surface area contributed by atoms with E-state index in [-0.39, 0.29) is 5.78 Å². The van der Waals surface area contributed by atoms with Gasteiger partial charge in [0, 0.05) is 13.0 Å². The van der Waals surface area contributed by atoms with Gasteiger partial charge in [0.2, 0.25) is 0 Å². The lowest BCUT2D eigenvalue weighted by Crippen LogP contribution is -2.31. The summed E-state index contributed by atoms with van der Waals surface area (Å²) >= 11 is 0. The zero-order valence-electron chi connectivity index (χ0n) is 6.13. The van der Waals surface area contributed by atoms with Gasteiger partial charge >= 0.3 is 0 Å². The van der Waals surface area contributed by atoms with Gasteiger partial charge in [-0.05, 0) is 19.3 Å². The SMILES string of the molecule is CC(=O)C=NNC1CCC1. The lowest BCUT2D eigenvalue weighted by atomic mass is 9.94. The smallest absolute Gasteiger partial charge is 0.172 e. The van der Waals surface area contributed by atoms with Crippen LogP contribution in [0.1, 0.15) is 26.2 Å². The van der Waals surface area contributed by atoms with E-state index >= 15 is 0 Å². The van der Waals surface area contributed by atoms with Crippen molar-refractivity contribution in [2.45, 2.75) is 32.2 Å². The molecule has 0 aliphatic heterocycles. The van der Waals surface area contributed by atoms with Gasteiger partial charge in [0.05, 0.1) is 6.21 Å². The minimum Gasteiger partial charge on any atom is -0.307 e. The van der Waals surface area contributed by atoms with E-state index < -0.39 is 0 Å². The molecule has 1 saturated carbocycles. The van der Waals surface area contributed by atoms with Crippen LogP contribution in [0.2, 0.25) is 0 Å². The average Bonchev–Trinajstić information content (AvgIpc) is 1.75. The fraction of sp³-hybridized carbons (Fsp3) is 0.714. The molecule has 0 radical (unpaired) electrons. The first-order valence-corrected chi connectivity index (χ1v) is 3.58. The third kappa shape index (κ3) is 2.17. The molecule has 0 bridgehead atoms. The summed E-state index contributed by atoms with van der Waals surface area (Å²) < 4.78 is 0. The van der Waals surface area contributed by atoms with Gasteiger partial charge in [-0.3, -0.25) is 4.79 Å². The van der Waals surface area contributed by atoms with Gasteiger partial charge < -0.3 is 5.43 Å². The van der Waals surface area contributed by atoms with Gasteiger partial charge in [0.1, 0.15) is 0 Å². The largest absolute Gasteiger partial charge is 0.307 e. The fourth-order valence-corrected chi connectivity index (χ4v) is 0.771. The summed E-state index contributed by atoms with van der Waals surface area (Å²) in [5.41, 5.74) is 2.90. The summed E-state index contributed by atoms with van der Waals surface area (Å²) in [4.78, 5) is 10.3. The molecule has 0 heterocycles. The van der Waals surface area contributed by atoms with Crippen LogP contribution >= 0.6 is 0 Å². The van der Waals surface area contributed by atoms with Crippen LogP contribution in [0.3, 0.4) is 0 Å². The number of Topliss-reactive ketones (excluding diaryl/α,β-unsaturated/α-hetero) is 1. The Labute approximate surface area is 60.5 Å². The molecule has 0 aromatic carbocycles. The van der Waals surface area contributed by atoms with Crippen LogP contribution in [0.15, 0.2) is 5.10 Å². The first kappa shape index (κ1) is 7.25. The molecule has 0 atom stereocenters. The molecular formula is C7H12N2O. The maximum atomic E-state index is 10.3. The van der Waals surface area contributed by atoms with Crippen molar-refractivity contribution >= 4 is 12.0 Å². The second-order valence-electron chi connectivity index (χ2n) is 2.63. The van der Waals surface area contributed by atoms with Crippen molar-refractivity contribution in [2.75, 3.05) is 0 Å². The lowest BCUT2D eigenvalue weighted by Gasteiger charge is -2.24. The fourth-order valence-electron chi connectivity index (χ4n) is 0.771. The summed E-state index contributed by atoms with van der Waals surface area (Å²) in [6, 6.07) is 0.524. The Morgan fingerprint density at radius 2 is 2.40 bits per heavy atom. The Kier molecular flexibility index (Phi) is 2.42. The van der Waals surface area contributed by atoms with Crippen molar-refractivity contribution in [1.29, 1.82) is 0 Å². The van der Waals surface area contributed by atoms with Crippen molar-refractivity contribution in [3.8, 4) is 0 Å². The van der Waals surface area contributed by atoms with Gasteiger partial charge in [0.15, 0.2) is 5.78 Å². The van der Waals surface area contributed by atoms with Crippen LogP contribution in [0.25, 0.3) is 0 Å². The molecule has 1 fully saturated rings. The highest BCUT2D eigenvalue weighted by atomic mass is 16.1. The monoisotopic (exact) mass is 140 g/mol. The molecule has 0 unspecified atom stereocenters. The number of hydrogen-bond acceptors (Lipinski definition) is 3. The number of hydrazone groups is 1. The van der Waals surface area contributed by atoms with E-state index in [1.165, 1.54) is 32.4 Å². The highest BCUT2D eigenvalue weighted by Gasteiger charge is 2.15. The normalized spacial score (nSPS) is 18.9. The summed E-state index contributed by atoms with van der Waals surface area (Å²) in [6.45, 7) is 1.49. The molecule has 1 N–H and O–H groups in total. The van der Waals surface area contributed by atoms with Crippen LogP contribution in [-0.2, 0) is 4.79 Å².